The number of hydrogen-bond donors (Lipinski definition) is 1. The lowest BCUT2D eigenvalue weighted by Crippen LogP contribution is -2.35. The van der Waals surface area contributed by atoms with Gasteiger partial charge in [0, 0.05) is 19.3 Å². The molecular formula is C13H14N2O3. The first-order chi connectivity index (χ1) is 8.58. The number of rotatable bonds is 2. The molecule has 1 amide bonds. The van der Waals surface area contributed by atoms with Crippen LogP contribution in [0.2, 0.25) is 0 Å². The lowest BCUT2D eigenvalue weighted by atomic mass is 10.1. The minimum absolute atomic E-state index is 0.0544. The van der Waals surface area contributed by atoms with E-state index in [1.165, 1.54) is 23.9 Å². The molecule has 0 saturated carbocycles. The minimum atomic E-state index is -1.09. The van der Waals surface area contributed by atoms with Gasteiger partial charge in [-0.25, -0.2) is 9.78 Å². The fourth-order valence-corrected chi connectivity index (χ4v) is 1.91. The van der Waals surface area contributed by atoms with Gasteiger partial charge in [-0.15, -0.1) is 0 Å². The van der Waals surface area contributed by atoms with Crippen LogP contribution in [-0.4, -0.2) is 40.0 Å². The van der Waals surface area contributed by atoms with Gasteiger partial charge in [0.2, 0.25) is 0 Å². The number of carbonyl (C=O) groups excluding carboxylic acids is 1. The minimum Gasteiger partial charge on any atom is -0.477 e. The summed E-state index contributed by atoms with van der Waals surface area (Å²) in [6, 6.07) is 2.86. The molecule has 0 saturated heterocycles. The molecule has 5 nitrogen and oxygen atoms in total. The number of carboxylic acids is 1. The molecular weight excluding hydrogens is 232 g/mol. The molecule has 0 aromatic carbocycles. The first-order valence-corrected chi connectivity index (χ1v) is 5.72. The van der Waals surface area contributed by atoms with E-state index in [0.717, 1.165) is 6.42 Å². The molecule has 0 bridgehead atoms. The lowest BCUT2D eigenvalue weighted by molar-refractivity contribution is 0.0687. The van der Waals surface area contributed by atoms with Crippen LogP contribution in [0.25, 0.3) is 0 Å². The molecule has 0 spiro atoms. The summed E-state index contributed by atoms with van der Waals surface area (Å²) >= 11 is 0. The Morgan fingerprint density at radius 2 is 2.17 bits per heavy atom. The highest BCUT2D eigenvalue weighted by atomic mass is 16.4. The Bertz CT molecular complexity index is 505. The third-order valence-corrected chi connectivity index (χ3v) is 2.85. The van der Waals surface area contributed by atoms with Crippen LogP contribution in [-0.2, 0) is 0 Å². The molecule has 0 atom stereocenters. The SMILES string of the molecule is CC1=CCCN(C(=O)c2ccc(C(=O)O)nc2)C1. The summed E-state index contributed by atoms with van der Waals surface area (Å²) in [5, 5.41) is 8.73. The fourth-order valence-electron chi connectivity index (χ4n) is 1.91. The van der Waals surface area contributed by atoms with Crippen molar-refractivity contribution in [2.75, 3.05) is 13.1 Å². The zero-order chi connectivity index (χ0) is 13.1. The molecule has 1 aromatic heterocycles. The number of amides is 1. The highest BCUT2D eigenvalue weighted by Gasteiger charge is 2.18. The summed E-state index contributed by atoms with van der Waals surface area (Å²) in [5.41, 5.74) is 1.54. The van der Waals surface area contributed by atoms with E-state index in [9.17, 15) is 9.59 Å². The second kappa shape index (κ2) is 5.00. The molecule has 2 rings (SSSR count). The summed E-state index contributed by atoms with van der Waals surface area (Å²) in [6.07, 6.45) is 4.30. The van der Waals surface area contributed by atoms with Gasteiger partial charge in [-0.05, 0) is 25.5 Å². The number of aromatic nitrogens is 1. The molecule has 0 aliphatic carbocycles. The Balaban J connectivity index is 2.14. The first kappa shape index (κ1) is 12.3. The standard InChI is InChI=1S/C13H14N2O3/c1-9-3-2-6-15(8-9)12(16)10-4-5-11(13(17)18)14-7-10/h3-5,7H,2,6,8H2,1H3,(H,17,18). The van der Waals surface area contributed by atoms with Crippen molar-refractivity contribution in [3.8, 4) is 0 Å². The fraction of sp³-hybridized carbons (Fsp3) is 0.308. The Kier molecular flexibility index (Phi) is 3.41. The van der Waals surface area contributed by atoms with E-state index in [2.05, 4.69) is 11.1 Å². The molecule has 1 aliphatic heterocycles. The third kappa shape index (κ3) is 2.56. The topological polar surface area (TPSA) is 70.5 Å². The van der Waals surface area contributed by atoms with E-state index < -0.39 is 5.97 Å². The Morgan fingerprint density at radius 1 is 1.39 bits per heavy atom. The van der Waals surface area contributed by atoms with Crippen LogP contribution >= 0.6 is 0 Å². The average molecular weight is 246 g/mol. The molecule has 18 heavy (non-hydrogen) atoms. The zero-order valence-electron chi connectivity index (χ0n) is 10.1. The Labute approximate surface area is 105 Å². The van der Waals surface area contributed by atoms with Crippen LogP contribution in [0.15, 0.2) is 30.0 Å². The van der Waals surface area contributed by atoms with E-state index in [1.807, 2.05) is 6.92 Å². The molecule has 0 fully saturated rings. The maximum absolute atomic E-state index is 12.1. The van der Waals surface area contributed by atoms with Crippen LogP contribution in [0.5, 0.6) is 0 Å². The van der Waals surface area contributed by atoms with Crippen molar-refractivity contribution in [2.24, 2.45) is 0 Å². The van der Waals surface area contributed by atoms with E-state index in [4.69, 9.17) is 5.11 Å². The van der Waals surface area contributed by atoms with E-state index >= 15 is 0 Å². The van der Waals surface area contributed by atoms with Gasteiger partial charge < -0.3 is 10.0 Å². The largest absolute Gasteiger partial charge is 0.477 e. The van der Waals surface area contributed by atoms with E-state index in [0.29, 0.717) is 18.7 Å². The van der Waals surface area contributed by atoms with Gasteiger partial charge in [0.15, 0.2) is 0 Å². The van der Waals surface area contributed by atoms with Crippen molar-refractivity contribution in [2.45, 2.75) is 13.3 Å². The smallest absolute Gasteiger partial charge is 0.354 e. The van der Waals surface area contributed by atoms with Crippen LogP contribution in [0.1, 0.15) is 34.2 Å². The molecule has 1 aromatic rings. The maximum Gasteiger partial charge on any atom is 0.354 e. The number of carbonyl (C=O) groups is 2. The van der Waals surface area contributed by atoms with E-state index in [1.54, 1.807) is 4.90 Å². The summed E-state index contributed by atoms with van der Waals surface area (Å²) in [5.74, 6) is -1.20. The van der Waals surface area contributed by atoms with Crippen molar-refractivity contribution in [1.29, 1.82) is 0 Å². The third-order valence-electron chi connectivity index (χ3n) is 2.85. The predicted molar refractivity (Wildman–Crippen MR) is 65.5 cm³/mol. The number of hydrogen-bond acceptors (Lipinski definition) is 3. The number of carboxylic acid groups (broad SMARTS) is 1. The van der Waals surface area contributed by atoms with Crippen molar-refractivity contribution < 1.29 is 14.7 Å². The summed E-state index contributed by atoms with van der Waals surface area (Å²) in [4.78, 5) is 28.3. The highest BCUT2D eigenvalue weighted by Crippen LogP contribution is 2.12. The molecule has 1 aliphatic rings. The second-order valence-electron chi connectivity index (χ2n) is 4.30. The number of aromatic carboxylic acids is 1. The zero-order valence-corrected chi connectivity index (χ0v) is 10.1. The molecule has 5 heteroatoms. The van der Waals surface area contributed by atoms with Crippen molar-refractivity contribution in [3.63, 3.8) is 0 Å². The van der Waals surface area contributed by atoms with E-state index in [-0.39, 0.29) is 11.6 Å². The summed E-state index contributed by atoms with van der Waals surface area (Å²) < 4.78 is 0. The average Bonchev–Trinajstić information content (AvgIpc) is 2.38. The van der Waals surface area contributed by atoms with Gasteiger partial charge >= 0.3 is 5.97 Å². The van der Waals surface area contributed by atoms with Crippen LogP contribution < -0.4 is 0 Å². The lowest BCUT2D eigenvalue weighted by Gasteiger charge is -2.26. The van der Waals surface area contributed by atoms with Gasteiger partial charge in [-0.3, -0.25) is 4.79 Å². The van der Waals surface area contributed by atoms with Crippen molar-refractivity contribution in [1.82, 2.24) is 9.88 Å². The van der Waals surface area contributed by atoms with Gasteiger partial charge in [0.25, 0.3) is 5.91 Å². The normalized spacial score (nSPS) is 15.2. The van der Waals surface area contributed by atoms with Crippen molar-refractivity contribution in [3.05, 3.63) is 41.2 Å². The first-order valence-electron chi connectivity index (χ1n) is 5.72. The van der Waals surface area contributed by atoms with Crippen LogP contribution in [0.3, 0.4) is 0 Å². The van der Waals surface area contributed by atoms with Gasteiger partial charge in [-0.2, -0.15) is 0 Å². The maximum atomic E-state index is 12.1. The molecule has 0 radical (unpaired) electrons. The Hall–Kier alpha value is -2.17. The number of pyridine rings is 1. The molecule has 0 unspecified atom stereocenters. The summed E-state index contributed by atoms with van der Waals surface area (Å²) in [6.45, 7) is 3.31. The van der Waals surface area contributed by atoms with Crippen molar-refractivity contribution >= 4 is 11.9 Å². The van der Waals surface area contributed by atoms with Gasteiger partial charge in [0.05, 0.1) is 5.56 Å². The molecule has 94 valence electrons. The monoisotopic (exact) mass is 246 g/mol. The van der Waals surface area contributed by atoms with Gasteiger partial charge in [-0.1, -0.05) is 11.6 Å². The molecule has 2 heterocycles. The Morgan fingerprint density at radius 3 is 2.72 bits per heavy atom. The molecule has 1 N–H and O–H groups in total. The van der Waals surface area contributed by atoms with Crippen LogP contribution in [0, 0.1) is 0 Å². The predicted octanol–water partition coefficient (Wildman–Crippen LogP) is 1.57. The van der Waals surface area contributed by atoms with Crippen LogP contribution in [0.4, 0.5) is 0 Å². The number of nitrogens with zero attached hydrogens (tertiary/aromatic N) is 2. The second-order valence-corrected chi connectivity index (χ2v) is 4.30. The summed E-state index contributed by atoms with van der Waals surface area (Å²) in [7, 11) is 0. The highest BCUT2D eigenvalue weighted by molar-refractivity contribution is 5.95. The quantitative estimate of drug-likeness (QED) is 0.804. The van der Waals surface area contributed by atoms with Gasteiger partial charge in [0.1, 0.15) is 5.69 Å².